The lowest BCUT2D eigenvalue weighted by Gasteiger charge is -2.18. The highest BCUT2D eigenvalue weighted by Crippen LogP contribution is 2.30. The molecule has 0 atom stereocenters. The van der Waals surface area contributed by atoms with Gasteiger partial charge < -0.3 is 5.73 Å². The Kier molecular flexibility index (Phi) is 2.64. The van der Waals surface area contributed by atoms with Crippen LogP contribution < -0.4 is 5.73 Å². The molecule has 0 heterocycles. The summed E-state index contributed by atoms with van der Waals surface area (Å²) in [4.78, 5) is 0. The van der Waals surface area contributed by atoms with E-state index in [0.29, 0.717) is 6.54 Å². The van der Waals surface area contributed by atoms with Crippen LogP contribution in [0.3, 0.4) is 0 Å². The zero-order chi connectivity index (χ0) is 9.97. The maximum Gasteiger partial charge on any atom is 0.123 e. The topological polar surface area (TPSA) is 26.0 Å². The lowest BCUT2D eigenvalue weighted by Crippen LogP contribution is -2.04. The van der Waals surface area contributed by atoms with Crippen molar-refractivity contribution >= 4 is 5.57 Å². The standard InChI is InChI=1S/C12H14FN/c13-11-5-4-9-2-1-3-10(6-7-14)12(9)8-11/h4-6,8H,1-3,7,14H2/b10-6-. The molecule has 0 saturated heterocycles. The summed E-state index contributed by atoms with van der Waals surface area (Å²) in [5.74, 6) is -0.159. The van der Waals surface area contributed by atoms with Crippen LogP contribution in [0.5, 0.6) is 0 Å². The summed E-state index contributed by atoms with van der Waals surface area (Å²) in [5, 5.41) is 0. The van der Waals surface area contributed by atoms with Crippen molar-refractivity contribution in [3.8, 4) is 0 Å². The second-order valence-corrected chi connectivity index (χ2v) is 3.62. The Labute approximate surface area is 83.4 Å². The van der Waals surface area contributed by atoms with Gasteiger partial charge in [-0.05, 0) is 48.1 Å². The largest absolute Gasteiger partial charge is 0.327 e. The predicted molar refractivity (Wildman–Crippen MR) is 56.4 cm³/mol. The molecule has 0 saturated carbocycles. The summed E-state index contributed by atoms with van der Waals surface area (Å²) < 4.78 is 13.0. The molecule has 0 radical (unpaired) electrons. The molecular weight excluding hydrogens is 177 g/mol. The Balaban J connectivity index is 2.47. The Morgan fingerprint density at radius 2 is 2.21 bits per heavy atom. The Bertz CT molecular complexity index is 369. The summed E-state index contributed by atoms with van der Waals surface area (Å²) in [6.07, 6.45) is 5.22. The van der Waals surface area contributed by atoms with E-state index in [1.165, 1.54) is 17.2 Å². The van der Waals surface area contributed by atoms with E-state index >= 15 is 0 Å². The molecule has 0 unspecified atom stereocenters. The predicted octanol–water partition coefficient (Wildman–Crippen LogP) is 2.50. The van der Waals surface area contributed by atoms with E-state index in [4.69, 9.17) is 5.73 Å². The first kappa shape index (κ1) is 9.41. The van der Waals surface area contributed by atoms with Crippen molar-refractivity contribution in [2.45, 2.75) is 19.3 Å². The fraction of sp³-hybridized carbons (Fsp3) is 0.333. The van der Waals surface area contributed by atoms with Crippen molar-refractivity contribution in [2.75, 3.05) is 6.54 Å². The molecule has 0 fully saturated rings. The van der Waals surface area contributed by atoms with E-state index in [-0.39, 0.29) is 5.82 Å². The number of halogens is 1. The molecule has 14 heavy (non-hydrogen) atoms. The van der Waals surface area contributed by atoms with E-state index in [1.54, 1.807) is 6.07 Å². The van der Waals surface area contributed by atoms with Gasteiger partial charge in [-0.2, -0.15) is 0 Å². The summed E-state index contributed by atoms with van der Waals surface area (Å²) >= 11 is 0. The third kappa shape index (κ3) is 1.70. The maximum atomic E-state index is 13.0. The van der Waals surface area contributed by atoms with Gasteiger partial charge in [0, 0.05) is 6.54 Å². The van der Waals surface area contributed by atoms with Gasteiger partial charge >= 0.3 is 0 Å². The lowest BCUT2D eigenvalue weighted by molar-refractivity contribution is 0.625. The molecule has 0 amide bonds. The fourth-order valence-corrected chi connectivity index (χ4v) is 2.02. The fourth-order valence-electron chi connectivity index (χ4n) is 2.02. The SMILES string of the molecule is NC/C=C1/CCCc2ccc(F)cc21. The van der Waals surface area contributed by atoms with Gasteiger partial charge in [0.1, 0.15) is 5.82 Å². The molecule has 74 valence electrons. The molecule has 1 aromatic carbocycles. The van der Waals surface area contributed by atoms with Gasteiger partial charge in [-0.15, -0.1) is 0 Å². The number of aryl methyl sites for hydroxylation is 1. The number of allylic oxidation sites excluding steroid dienone is 1. The molecule has 2 N–H and O–H groups in total. The average Bonchev–Trinajstić information content (AvgIpc) is 2.19. The van der Waals surface area contributed by atoms with Gasteiger partial charge in [-0.3, -0.25) is 0 Å². The molecule has 0 bridgehead atoms. The highest BCUT2D eigenvalue weighted by atomic mass is 19.1. The molecule has 1 aliphatic rings. The second-order valence-electron chi connectivity index (χ2n) is 3.62. The van der Waals surface area contributed by atoms with Crippen molar-refractivity contribution in [1.82, 2.24) is 0 Å². The van der Waals surface area contributed by atoms with Gasteiger partial charge in [0.05, 0.1) is 0 Å². The van der Waals surface area contributed by atoms with Crippen LogP contribution in [0.2, 0.25) is 0 Å². The normalized spacial score (nSPS) is 18.3. The van der Waals surface area contributed by atoms with Gasteiger partial charge in [0.15, 0.2) is 0 Å². The highest BCUT2D eigenvalue weighted by molar-refractivity contribution is 5.70. The van der Waals surface area contributed by atoms with E-state index in [9.17, 15) is 4.39 Å². The molecule has 0 spiro atoms. The van der Waals surface area contributed by atoms with Crippen LogP contribution in [0.4, 0.5) is 4.39 Å². The first-order valence-corrected chi connectivity index (χ1v) is 4.99. The number of nitrogens with two attached hydrogens (primary N) is 1. The van der Waals surface area contributed by atoms with Crippen molar-refractivity contribution in [2.24, 2.45) is 5.73 Å². The van der Waals surface area contributed by atoms with E-state index in [1.807, 2.05) is 12.1 Å². The second kappa shape index (κ2) is 3.93. The number of hydrogen-bond donors (Lipinski definition) is 1. The minimum absolute atomic E-state index is 0.159. The Hall–Kier alpha value is -1.15. The van der Waals surface area contributed by atoms with Gasteiger partial charge in [0.25, 0.3) is 0 Å². The summed E-state index contributed by atoms with van der Waals surface area (Å²) in [7, 11) is 0. The van der Waals surface area contributed by atoms with E-state index in [2.05, 4.69) is 0 Å². The average molecular weight is 191 g/mol. The number of benzene rings is 1. The molecule has 0 aromatic heterocycles. The van der Waals surface area contributed by atoms with Crippen LogP contribution in [0.1, 0.15) is 24.0 Å². The van der Waals surface area contributed by atoms with Gasteiger partial charge in [-0.1, -0.05) is 12.1 Å². The number of fused-ring (bicyclic) bond motifs is 1. The third-order valence-electron chi connectivity index (χ3n) is 2.67. The van der Waals surface area contributed by atoms with Crippen molar-refractivity contribution in [1.29, 1.82) is 0 Å². The zero-order valence-corrected chi connectivity index (χ0v) is 8.09. The van der Waals surface area contributed by atoms with Crippen LogP contribution in [-0.4, -0.2) is 6.54 Å². The summed E-state index contributed by atoms with van der Waals surface area (Å²) in [6, 6.07) is 5.04. The minimum Gasteiger partial charge on any atom is -0.327 e. The third-order valence-corrected chi connectivity index (χ3v) is 2.67. The first-order chi connectivity index (χ1) is 6.81. The van der Waals surface area contributed by atoms with E-state index < -0.39 is 0 Å². The van der Waals surface area contributed by atoms with Crippen LogP contribution in [0.15, 0.2) is 24.3 Å². The van der Waals surface area contributed by atoms with Gasteiger partial charge in [-0.25, -0.2) is 4.39 Å². The summed E-state index contributed by atoms with van der Waals surface area (Å²) in [6.45, 7) is 0.533. The van der Waals surface area contributed by atoms with Crippen LogP contribution in [0.25, 0.3) is 5.57 Å². The molecule has 1 nitrogen and oxygen atoms in total. The Morgan fingerprint density at radius 3 is 3.00 bits per heavy atom. The molecule has 1 aromatic rings. The molecule has 1 aliphatic carbocycles. The van der Waals surface area contributed by atoms with Crippen LogP contribution >= 0.6 is 0 Å². The van der Waals surface area contributed by atoms with Crippen LogP contribution in [-0.2, 0) is 6.42 Å². The van der Waals surface area contributed by atoms with Crippen molar-refractivity contribution in [3.63, 3.8) is 0 Å². The lowest BCUT2D eigenvalue weighted by atomic mass is 9.87. The highest BCUT2D eigenvalue weighted by Gasteiger charge is 2.13. The number of rotatable bonds is 1. The van der Waals surface area contributed by atoms with Crippen LogP contribution in [0, 0.1) is 5.82 Å². The van der Waals surface area contributed by atoms with Crippen molar-refractivity contribution in [3.05, 3.63) is 41.2 Å². The summed E-state index contributed by atoms with van der Waals surface area (Å²) in [5.41, 5.74) is 8.99. The molecule has 2 rings (SSSR count). The van der Waals surface area contributed by atoms with Crippen molar-refractivity contribution < 1.29 is 4.39 Å². The molecule has 0 aliphatic heterocycles. The Morgan fingerprint density at radius 1 is 1.36 bits per heavy atom. The minimum atomic E-state index is -0.159. The zero-order valence-electron chi connectivity index (χ0n) is 8.09. The number of hydrogen-bond acceptors (Lipinski definition) is 1. The monoisotopic (exact) mass is 191 g/mol. The quantitative estimate of drug-likeness (QED) is 0.725. The van der Waals surface area contributed by atoms with Gasteiger partial charge in [0.2, 0.25) is 0 Å². The smallest absolute Gasteiger partial charge is 0.123 e. The molecule has 2 heteroatoms. The molecular formula is C12H14FN. The first-order valence-electron chi connectivity index (χ1n) is 4.99. The maximum absolute atomic E-state index is 13.0. The van der Waals surface area contributed by atoms with E-state index in [0.717, 1.165) is 24.8 Å².